The van der Waals surface area contributed by atoms with E-state index < -0.39 is 10.0 Å². The SMILES string of the molecule is CCC(CC)C(C)NS(=O)(=O)c1ccc(C(N)=S)s1. The van der Waals surface area contributed by atoms with E-state index in [1.54, 1.807) is 12.1 Å². The zero-order valence-corrected chi connectivity index (χ0v) is 13.8. The summed E-state index contributed by atoms with van der Waals surface area (Å²) >= 11 is 5.94. The highest BCUT2D eigenvalue weighted by atomic mass is 32.2. The Hall–Kier alpha value is -0.500. The monoisotopic (exact) mass is 320 g/mol. The minimum absolute atomic E-state index is 0.0876. The van der Waals surface area contributed by atoms with Crippen LogP contribution < -0.4 is 10.5 Å². The first kappa shape index (κ1) is 16.6. The Morgan fingerprint density at radius 1 is 1.42 bits per heavy atom. The quantitative estimate of drug-likeness (QED) is 0.757. The summed E-state index contributed by atoms with van der Waals surface area (Å²) in [6, 6.07) is 3.10. The van der Waals surface area contributed by atoms with Gasteiger partial charge in [0.25, 0.3) is 0 Å². The van der Waals surface area contributed by atoms with Crippen LogP contribution in [-0.4, -0.2) is 19.4 Å². The lowest BCUT2D eigenvalue weighted by Gasteiger charge is -2.21. The van der Waals surface area contributed by atoms with Crippen LogP contribution in [0.3, 0.4) is 0 Å². The third-order valence-corrected chi connectivity index (χ3v) is 6.70. The third-order valence-electron chi connectivity index (χ3n) is 3.19. The van der Waals surface area contributed by atoms with Crippen LogP contribution in [0.4, 0.5) is 0 Å². The molecule has 7 heteroatoms. The summed E-state index contributed by atoms with van der Waals surface area (Å²) < 4.78 is 27.4. The smallest absolute Gasteiger partial charge is 0.250 e. The molecule has 108 valence electrons. The fraction of sp³-hybridized carbons (Fsp3) is 0.583. The number of nitrogens with one attached hydrogen (secondary N) is 1. The van der Waals surface area contributed by atoms with E-state index in [2.05, 4.69) is 18.6 Å². The van der Waals surface area contributed by atoms with Gasteiger partial charge in [-0.1, -0.05) is 38.9 Å². The van der Waals surface area contributed by atoms with Gasteiger partial charge in [0.15, 0.2) is 0 Å². The second-order valence-electron chi connectivity index (χ2n) is 4.47. The zero-order valence-electron chi connectivity index (χ0n) is 11.3. The summed E-state index contributed by atoms with van der Waals surface area (Å²) in [7, 11) is -3.48. The molecule has 0 radical (unpaired) electrons. The van der Waals surface area contributed by atoms with Crippen LogP contribution >= 0.6 is 23.6 Å². The van der Waals surface area contributed by atoms with E-state index in [-0.39, 0.29) is 15.2 Å². The summed E-state index contributed by atoms with van der Waals surface area (Å²) in [5.41, 5.74) is 5.49. The first-order chi connectivity index (χ1) is 8.81. The molecule has 1 unspecified atom stereocenters. The summed E-state index contributed by atoms with van der Waals surface area (Å²) in [4.78, 5) is 0.838. The van der Waals surface area contributed by atoms with Crippen LogP contribution in [0.1, 0.15) is 38.5 Å². The lowest BCUT2D eigenvalue weighted by Crippen LogP contribution is -2.37. The molecule has 3 N–H and O–H groups in total. The highest BCUT2D eigenvalue weighted by molar-refractivity contribution is 7.91. The number of thiophene rings is 1. The summed E-state index contributed by atoms with van der Waals surface area (Å²) in [6.45, 7) is 6.03. The average Bonchev–Trinajstić information content (AvgIpc) is 2.79. The highest BCUT2D eigenvalue weighted by Crippen LogP contribution is 2.23. The van der Waals surface area contributed by atoms with Gasteiger partial charge in [-0.3, -0.25) is 0 Å². The Morgan fingerprint density at radius 2 is 2.00 bits per heavy atom. The van der Waals surface area contributed by atoms with E-state index in [9.17, 15) is 8.42 Å². The van der Waals surface area contributed by atoms with Crippen molar-refractivity contribution < 1.29 is 8.42 Å². The first-order valence-electron chi connectivity index (χ1n) is 6.23. The van der Waals surface area contributed by atoms with Gasteiger partial charge in [-0.25, -0.2) is 13.1 Å². The predicted octanol–water partition coefficient (Wildman–Crippen LogP) is 2.49. The van der Waals surface area contributed by atoms with Crippen LogP contribution in [-0.2, 0) is 10.0 Å². The molecule has 0 aliphatic rings. The number of rotatable bonds is 7. The molecule has 1 aromatic heterocycles. The molecular formula is C12H20N2O2S3. The van der Waals surface area contributed by atoms with Crippen LogP contribution in [0.2, 0.25) is 0 Å². The number of sulfonamides is 1. The molecule has 19 heavy (non-hydrogen) atoms. The fourth-order valence-electron chi connectivity index (χ4n) is 1.99. The van der Waals surface area contributed by atoms with Crippen molar-refractivity contribution in [2.75, 3.05) is 0 Å². The Balaban J connectivity index is 2.88. The molecule has 1 aromatic rings. The largest absolute Gasteiger partial charge is 0.389 e. The lowest BCUT2D eigenvalue weighted by molar-refractivity contribution is 0.391. The van der Waals surface area contributed by atoms with Gasteiger partial charge in [-0.2, -0.15) is 0 Å². The lowest BCUT2D eigenvalue weighted by atomic mass is 9.96. The van der Waals surface area contributed by atoms with Crippen molar-refractivity contribution in [2.45, 2.75) is 43.9 Å². The third kappa shape index (κ3) is 4.24. The number of hydrogen-bond donors (Lipinski definition) is 2. The van der Waals surface area contributed by atoms with Crippen molar-refractivity contribution in [3.05, 3.63) is 17.0 Å². The van der Waals surface area contributed by atoms with E-state index in [1.165, 1.54) is 0 Å². The Bertz CT molecular complexity index is 533. The van der Waals surface area contributed by atoms with Gasteiger partial charge in [-0.05, 0) is 25.0 Å². The van der Waals surface area contributed by atoms with Gasteiger partial charge in [0.1, 0.15) is 9.20 Å². The zero-order chi connectivity index (χ0) is 14.6. The van der Waals surface area contributed by atoms with E-state index in [0.29, 0.717) is 10.8 Å². The molecule has 1 heterocycles. The molecule has 1 rings (SSSR count). The Labute approximate surface area is 124 Å². The van der Waals surface area contributed by atoms with Crippen molar-refractivity contribution in [3.8, 4) is 0 Å². The summed E-state index contributed by atoms with van der Waals surface area (Å²) in [5, 5.41) is 0. The maximum absolute atomic E-state index is 12.2. The normalized spacial score (nSPS) is 13.7. The molecule has 0 aliphatic heterocycles. The van der Waals surface area contributed by atoms with Crippen LogP contribution in [0, 0.1) is 5.92 Å². The van der Waals surface area contributed by atoms with Gasteiger partial charge in [0, 0.05) is 6.04 Å². The fourth-order valence-corrected chi connectivity index (χ4v) is 4.67. The molecule has 0 aliphatic carbocycles. The molecular weight excluding hydrogens is 300 g/mol. The van der Waals surface area contributed by atoms with Gasteiger partial charge in [0.2, 0.25) is 10.0 Å². The molecule has 0 spiro atoms. The topological polar surface area (TPSA) is 72.2 Å². The molecule has 0 aromatic carbocycles. The van der Waals surface area contributed by atoms with E-state index >= 15 is 0 Å². The van der Waals surface area contributed by atoms with Gasteiger partial charge in [0.05, 0.1) is 4.88 Å². The number of nitrogens with two attached hydrogens (primary N) is 1. The first-order valence-corrected chi connectivity index (χ1v) is 8.94. The van der Waals surface area contributed by atoms with E-state index in [0.717, 1.165) is 24.2 Å². The summed E-state index contributed by atoms with van der Waals surface area (Å²) in [5.74, 6) is 0.338. The average molecular weight is 321 g/mol. The van der Waals surface area contributed by atoms with E-state index in [4.69, 9.17) is 18.0 Å². The minimum Gasteiger partial charge on any atom is -0.389 e. The van der Waals surface area contributed by atoms with Crippen LogP contribution in [0.25, 0.3) is 0 Å². The van der Waals surface area contributed by atoms with Crippen molar-refractivity contribution in [2.24, 2.45) is 11.7 Å². The summed E-state index contributed by atoms with van der Waals surface area (Å²) in [6.07, 6.45) is 1.89. The second kappa shape index (κ2) is 6.78. The molecule has 1 atom stereocenters. The predicted molar refractivity (Wildman–Crippen MR) is 84.1 cm³/mol. The second-order valence-corrected chi connectivity index (χ2v) is 7.93. The number of hydrogen-bond acceptors (Lipinski definition) is 4. The standard InChI is InChI=1S/C12H20N2O2S3/c1-4-9(5-2)8(3)14-19(15,16)11-7-6-10(18-11)12(13)17/h6-9,14H,4-5H2,1-3H3,(H2,13,17). The Kier molecular flexibility index (Phi) is 5.91. The van der Waals surface area contributed by atoms with Gasteiger partial charge < -0.3 is 5.73 Å². The molecule has 0 saturated heterocycles. The molecule has 0 saturated carbocycles. The molecule has 0 fully saturated rings. The maximum Gasteiger partial charge on any atom is 0.250 e. The van der Waals surface area contributed by atoms with Crippen molar-refractivity contribution in [1.82, 2.24) is 4.72 Å². The van der Waals surface area contributed by atoms with Crippen molar-refractivity contribution >= 4 is 38.6 Å². The van der Waals surface area contributed by atoms with Gasteiger partial charge >= 0.3 is 0 Å². The van der Waals surface area contributed by atoms with Crippen molar-refractivity contribution in [3.63, 3.8) is 0 Å². The minimum atomic E-state index is -3.48. The molecule has 0 bridgehead atoms. The molecule has 0 amide bonds. The maximum atomic E-state index is 12.2. The number of thiocarbonyl (C=S) groups is 1. The van der Waals surface area contributed by atoms with Crippen LogP contribution in [0.15, 0.2) is 16.3 Å². The van der Waals surface area contributed by atoms with Crippen LogP contribution in [0.5, 0.6) is 0 Å². The van der Waals surface area contributed by atoms with E-state index in [1.807, 2.05) is 6.92 Å². The van der Waals surface area contributed by atoms with Gasteiger partial charge in [-0.15, -0.1) is 11.3 Å². The van der Waals surface area contributed by atoms with Crippen molar-refractivity contribution in [1.29, 1.82) is 0 Å². The highest BCUT2D eigenvalue weighted by Gasteiger charge is 2.23. The molecule has 4 nitrogen and oxygen atoms in total. The Morgan fingerprint density at radius 3 is 2.42 bits per heavy atom.